The summed E-state index contributed by atoms with van der Waals surface area (Å²) in [7, 11) is 0. The van der Waals surface area contributed by atoms with Gasteiger partial charge in [-0.15, -0.1) is 0 Å². The summed E-state index contributed by atoms with van der Waals surface area (Å²) in [5.74, 6) is 5.54. The van der Waals surface area contributed by atoms with Crippen LogP contribution >= 0.6 is 0 Å². The molecule has 2 atom stereocenters. The van der Waals surface area contributed by atoms with Crippen molar-refractivity contribution in [1.29, 1.82) is 0 Å². The van der Waals surface area contributed by atoms with Crippen LogP contribution in [-0.2, 0) is 0 Å². The Hall–Kier alpha value is -1.83. The Morgan fingerprint density at radius 3 is 2.81 bits per heavy atom. The van der Waals surface area contributed by atoms with E-state index in [-0.39, 0.29) is 18.6 Å². The van der Waals surface area contributed by atoms with Gasteiger partial charge in [-0.05, 0) is 25.0 Å². The van der Waals surface area contributed by atoms with Gasteiger partial charge < -0.3 is 15.5 Å². The van der Waals surface area contributed by atoms with Crippen LogP contribution in [0.25, 0.3) is 0 Å². The van der Waals surface area contributed by atoms with Crippen molar-refractivity contribution in [3.05, 3.63) is 35.4 Å². The zero-order chi connectivity index (χ0) is 15.1. The van der Waals surface area contributed by atoms with E-state index in [1.165, 1.54) is 0 Å². The SMILES string of the molecule is O=C(NC1CCCCC1O)c1ccccc1C#CCCO. The summed E-state index contributed by atoms with van der Waals surface area (Å²) >= 11 is 0. The fraction of sp³-hybridized carbons (Fsp3) is 0.471. The molecular formula is C17H21NO3. The first-order valence-corrected chi connectivity index (χ1v) is 7.40. The summed E-state index contributed by atoms with van der Waals surface area (Å²) in [4.78, 5) is 12.4. The third-order valence-electron chi connectivity index (χ3n) is 3.68. The first-order valence-electron chi connectivity index (χ1n) is 7.40. The maximum atomic E-state index is 12.4. The molecule has 0 radical (unpaired) electrons. The minimum Gasteiger partial charge on any atom is -0.395 e. The molecule has 2 unspecified atom stereocenters. The molecule has 2 rings (SSSR count). The van der Waals surface area contributed by atoms with Gasteiger partial charge in [-0.3, -0.25) is 4.79 Å². The van der Waals surface area contributed by atoms with Crippen molar-refractivity contribution >= 4 is 5.91 Å². The van der Waals surface area contributed by atoms with Crippen molar-refractivity contribution < 1.29 is 15.0 Å². The van der Waals surface area contributed by atoms with Crippen molar-refractivity contribution in [2.45, 2.75) is 44.2 Å². The molecule has 0 aromatic heterocycles. The summed E-state index contributed by atoms with van der Waals surface area (Å²) in [5, 5.41) is 21.6. The monoisotopic (exact) mass is 287 g/mol. The van der Waals surface area contributed by atoms with Crippen LogP contribution in [0.5, 0.6) is 0 Å². The second-order valence-electron chi connectivity index (χ2n) is 5.25. The van der Waals surface area contributed by atoms with Gasteiger partial charge >= 0.3 is 0 Å². The normalized spacial score (nSPS) is 21.2. The van der Waals surface area contributed by atoms with Gasteiger partial charge in [0.2, 0.25) is 0 Å². The third kappa shape index (κ3) is 4.32. The summed E-state index contributed by atoms with van der Waals surface area (Å²) < 4.78 is 0. The highest BCUT2D eigenvalue weighted by Crippen LogP contribution is 2.19. The molecule has 4 nitrogen and oxygen atoms in total. The molecule has 4 heteroatoms. The van der Waals surface area contributed by atoms with E-state index in [1.54, 1.807) is 18.2 Å². The number of nitrogens with one attached hydrogen (secondary N) is 1. The van der Waals surface area contributed by atoms with Crippen molar-refractivity contribution in [2.24, 2.45) is 0 Å². The molecule has 0 aliphatic heterocycles. The molecule has 0 bridgehead atoms. The number of amides is 1. The molecule has 1 aliphatic carbocycles. The largest absolute Gasteiger partial charge is 0.395 e. The van der Waals surface area contributed by atoms with E-state index >= 15 is 0 Å². The van der Waals surface area contributed by atoms with Gasteiger partial charge in [-0.2, -0.15) is 0 Å². The van der Waals surface area contributed by atoms with Gasteiger partial charge in [0.25, 0.3) is 5.91 Å². The zero-order valence-electron chi connectivity index (χ0n) is 12.0. The highest BCUT2D eigenvalue weighted by molar-refractivity contribution is 5.96. The summed E-state index contributed by atoms with van der Waals surface area (Å²) in [6.07, 6.45) is 3.51. The molecule has 1 aromatic rings. The number of aliphatic hydroxyl groups is 2. The zero-order valence-corrected chi connectivity index (χ0v) is 12.0. The Morgan fingerprint density at radius 1 is 1.29 bits per heavy atom. The van der Waals surface area contributed by atoms with E-state index in [4.69, 9.17) is 5.11 Å². The lowest BCUT2D eigenvalue weighted by Gasteiger charge is -2.28. The Labute approximate surface area is 125 Å². The topological polar surface area (TPSA) is 69.6 Å². The number of carbonyl (C=O) groups is 1. The standard InChI is InChI=1S/C17H21NO3/c19-12-6-5-8-13-7-1-2-9-14(13)17(21)18-15-10-3-4-11-16(15)20/h1-2,7,9,15-16,19-20H,3-4,6,10-12H2,(H,18,21). The Morgan fingerprint density at radius 2 is 2.05 bits per heavy atom. The first-order chi connectivity index (χ1) is 10.2. The summed E-state index contributed by atoms with van der Waals surface area (Å²) in [6.45, 7) is 0.00955. The summed E-state index contributed by atoms with van der Waals surface area (Å²) in [6, 6.07) is 6.97. The lowest BCUT2D eigenvalue weighted by molar-refractivity contribution is 0.0717. The predicted octanol–water partition coefficient (Wildman–Crippen LogP) is 1.45. The van der Waals surface area contributed by atoms with Gasteiger partial charge in [-0.1, -0.05) is 36.8 Å². The molecule has 3 N–H and O–H groups in total. The molecule has 0 saturated heterocycles. The minimum absolute atomic E-state index is 0.00955. The van der Waals surface area contributed by atoms with Crippen LogP contribution in [0, 0.1) is 11.8 Å². The Balaban J connectivity index is 2.10. The fourth-order valence-electron chi connectivity index (χ4n) is 2.53. The van der Waals surface area contributed by atoms with Crippen molar-refractivity contribution in [2.75, 3.05) is 6.61 Å². The van der Waals surface area contributed by atoms with Crippen LogP contribution in [0.2, 0.25) is 0 Å². The lowest BCUT2D eigenvalue weighted by atomic mass is 9.92. The van der Waals surface area contributed by atoms with Crippen molar-refractivity contribution in [1.82, 2.24) is 5.32 Å². The molecule has 112 valence electrons. The third-order valence-corrected chi connectivity index (χ3v) is 3.68. The Kier molecular flexibility index (Phi) is 5.79. The van der Waals surface area contributed by atoms with Crippen LogP contribution in [0.4, 0.5) is 0 Å². The first kappa shape index (κ1) is 15.6. The number of benzene rings is 1. The van der Waals surface area contributed by atoms with E-state index in [2.05, 4.69) is 17.2 Å². The van der Waals surface area contributed by atoms with Gasteiger partial charge in [-0.25, -0.2) is 0 Å². The number of aliphatic hydroxyl groups excluding tert-OH is 2. The second kappa shape index (κ2) is 7.82. The predicted molar refractivity (Wildman–Crippen MR) is 80.8 cm³/mol. The van der Waals surface area contributed by atoms with Crippen LogP contribution in [-0.4, -0.2) is 34.9 Å². The number of carbonyl (C=O) groups excluding carboxylic acids is 1. The number of rotatable bonds is 3. The van der Waals surface area contributed by atoms with Crippen molar-refractivity contribution in [3.63, 3.8) is 0 Å². The van der Waals surface area contributed by atoms with Crippen molar-refractivity contribution in [3.8, 4) is 11.8 Å². The fourth-order valence-corrected chi connectivity index (χ4v) is 2.53. The quantitative estimate of drug-likeness (QED) is 0.737. The maximum absolute atomic E-state index is 12.4. The smallest absolute Gasteiger partial charge is 0.252 e. The molecule has 0 spiro atoms. The van der Waals surface area contributed by atoms with E-state index in [1.807, 2.05) is 6.07 Å². The highest BCUT2D eigenvalue weighted by Gasteiger charge is 2.25. The molecule has 1 fully saturated rings. The van der Waals surface area contributed by atoms with E-state index < -0.39 is 6.10 Å². The molecule has 21 heavy (non-hydrogen) atoms. The molecule has 0 heterocycles. The number of hydrogen-bond acceptors (Lipinski definition) is 3. The highest BCUT2D eigenvalue weighted by atomic mass is 16.3. The van der Waals surface area contributed by atoms with E-state index in [9.17, 15) is 9.90 Å². The van der Waals surface area contributed by atoms with Crippen LogP contribution in [0.3, 0.4) is 0 Å². The van der Waals surface area contributed by atoms with Gasteiger partial charge in [0.05, 0.1) is 24.3 Å². The molecular weight excluding hydrogens is 266 g/mol. The van der Waals surface area contributed by atoms with Gasteiger partial charge in [0.15, 0.2) is 0 Å². The molecule has 1 amide bonds. The number of hydrogen-bond donors (Lipinski definition) is 3. The van der Waals surface area contributed by atoms with Crippen LogP contribution < -0.4 is 5.32 Å². The Bertz CT molecular complexity index is 544. The maximum Gasteiger partial charge on any atom is 0.252 e. The van der Waals surface area contributed by atoms with Crippen LogP contribution in [0.15, 0.2) is 24.3 Å². The lowest BCUT2D eigenvalue weighted by Crippen LogP contribution is -2.45. The average molecular weight is 287 g/mol. The van der Waals surface area contributed by atoms with Crippen LogP contribution in [0.1, 0.15) is 48.0 Å². The molecule has 1 aliphatic rings. The van der Waals surface area contributed by atoms with E-state index in [0.717, 1.165) is 25.7 Å². The summed E-state index contributed by atoms with van der Waals surface area (Å²) in [5.41, 5.74) is 1.16. The molecule has 1 aromatic carbocycles. The van der Waals surface area contributed by atoms with Gasteiger partial charge in [0.1, 0.15) is 0 Å². The molecule has 1 saturated carbocycles. The average Bonchev–Trinajstić information content (AvgIpc) is 2.50. The second-order valence-corrected chi connectivity index (χ2v) is 5.25. The van der Waals surface area contributed by atoms with Gasteiger partial charge in [0, 0.05) is 12.0 Å². The van der Waals surface area contributed by atoms with E-state index in [0.29, 0.717) is 17.5 Å². The minimum atomic E-state index is -0.463.